The third kappa shape index (κ3) is 5.66. The van der Waals surface area contributed by atoms with Gasteiger partial charge in [-0.05, 0) is 42.6 Å². The van der Waals surface area contributed by atoms with Crippen molar-refractivity contribution in [3.05, 3.63) is 65.5 Å². The minimum absolute atomic E-state index is 0.0709. The van der Waals surface area contributed by atoms with E-state index < -0.39 is 0 Å². The van der Waals surface area contributed by atoms with Gasteiger partial charge in [0.2, 0.25) is 5.91 Å². The molecule has 24 heavy (non-hydrogen) atoms. The molecule has 0 heterocycles. The molecule has 0 aromatic heterocycles. The summed E-state index contributed by atoms with van der Waals surface area (Å²) >= 11 is 0. The van der Waals surface area contributed by atoms with Crippen molar-refractivity contribution >= 4 is 5.91 Å². The number of para-hydroxylation sites is 1. The minimum atomic E-state index is -0.208. The molecular formula is C19H23FN2O2. The molecule has 0 fully saturated rings. The molecule has 0 saturated carbocycles. The van der Waals surface area contributed by atoms with Crippen LogP contribution >= 0.6 is 0 Å². The Morgan fingerprint density at radius 1 is 1.00 bits per heavy atom. The first-order chi connectivity index (χ1) is 11.7. The topological polar surface area (TPSA) is 50.4 Å². The van der Waals surface area contributed by atoms with E-state index in [9.17, 15) is 9.18 Å². The quantitative estimate of drug-likeness (QED) is 0.694. The van der Waals surface area contributed by atoms with E-state index in [1.807, 2.05) is 30.3 Å². The maximum Gasteiger partial charge on any atom is 0.233 e. The van der Waals surface area contributed by atoms with Crippen LogP contribution in [0.3, 0.4) is 0 Å². The molecule has 5 heteroatoms. The summed E-state index contributed by atoms with van der Waals surface area (Å²) in [5.74, 6) is 0.550. The highest BCUT2D eigenvalue weighted by Gasteiger charge is 2.04. The third-order valence-corrected chi connectivity index (χ3v) is 3.72. The van der Waals surface area contributed by atoms with Crippen molar-refractivity contribution in [2.45, 2.75) is 12.8 Å². The van der Waals surface area contributed by atoms with Gasteiger partial charge in [0.25, 0.3) is 0 Å². The van der Waals surface area contributed by atoms with Crippen molar-refractivity contribution < 1.29 is 13.9 Å². The molecule has 0 aliphatic carbocycles. The molecule has 2 aromatic rings. The van der Waals surface area contributed by atoms with Crippen LogP contribution in [0.1, 0.15) is 11.1 Å². The number of amides is 1. The van der Waals surface area contributed by atoms with Crippen LogP contribution in [0.2, 0.25) is 0 Å². The summed E-state index contributed by atoms with van der Waals surface area (Å²) in [6.07, 6.45) is 1.27. The van der Waals surface area contributed by atoms with Crippen LogP contribution in [0.5, 0.6) is 5.75 Å². The molecule has 0 aliphatic heterocycles. The number of hydrogen-bond donors (Lipinski definition) is 2. The lowest BCUT2D eigenvalue weighted by Gasteiger charge is -2.09. The molecule has 0 aliphatic rings. The lowest BCUT2D eigenvalue weighted by Crippen LogP contribution is -2.35. The minimum Gasteiger partial charge on any atom is -0.496 e. The van der Waals surface area contributed by atoms with Crippen molar-refractivity contribution in [2.75, 3.05) is 26.7 Å². The number of carbonyl (C=O) groups excluding carboxylic acids is 1. The Morgan fingerprint density at radius 2 is 1.67 bits per heavy atom. The van der Waals surface area contributed by atoms with Crippen LogP contribution in [0.4, 0.5) is 4.39 Å². The molecule has 0 spiro atoms. The molecule has 1 amide bonds. The van der Waals surface area contributed by atoms with Crippen molar-refractivity contribution in [2.24, 2.45) is 0 Å². The molecule has 2 N–H and O–H groups in total. The zero-order valence-corrected chi connectivity index (χ0v) is 13.8. The SMILES string of the molecule is COc1ccccc1CCNC(=O)CNCCc1ccccc1F. The van der Waals surface area contributed by atoms with Crippen molar-refractivity contribution in [1.82, 2.24) is 10.6 Å². The van der Waals surface area contributed by atoms with Gasteiger partial charge in [0.1, 0.15) is 11.6 Å². The lowest BCUT2D eigenvalue weighted by atomic mass is 10.1. The van der Waals surface area contributed by atoms with E-state index in [-0.39, 0.29) is 18.3 Å². The fraction of sp³-hybridized carbons (Fsp3) is 0.316. The molecule has 0 unspecified atom stereocenters. The molecular weight excluding hydrogens is 307 g/mol. The summed E-state index contributed by atoms with van der Waals surface area (Å²) in [5, 5.41) is 5.89. The Labute approximate surface area is 142 Å². The maximum atomic E-state index is 13.4. The predicted molar refractivity (Wildman–Crippen MR) is 92.7 cm³/mol. The first kappa shape index (κ1) is 17.9. The standard InChI is InChI=1S/C19H23FN2O2/c1-24-18-9-5-3-7-16(18)11-13-22-19(23)14-21-12-10-15-6-2-4-8-17(15)20/h2-9,21H,10-14H2,1H3,(H,22,23). The van der Waals surface area contributed by atoms with E-state index in [0.717, 1.165) is 11.3 Å². The molecule has 2 aromatic carbocycles. The average Bonchev–Trinajstić information content (AvgIpc) is 2.60. The van der Waals surface area contributed by atoms with Gasteiger partial charge in [0, 0.05) is 6.54 Å². The number of ether oxygens (including phenoxy) is 1. The van der Waals surface area contributed by atoms with Crippen LogP contribution in [0, 0.1) is 5.82 Å². The number of benzene rings is 2. The highest BCUT2D eigenvalue weighted by Crippen LogP contribution is 2.17. The van der Waals surface area contributed by atoms with Gasteiger partial charge in [-0.3, -0.25) is 4.79 Å². The highest BCUT2D eigenvalue weighted by molar-refractivity contribution is 5.77. The number of rotatable bonds is 9. The summed E-state index contributed by atoms with van der Waals surface area (Å²) in [5.41, 5.74) is 1.72. The Kier molecular flexibility index (Phi) is 7.23. The first-order valence-corrected chi connectivity index (χ1v) is 8.03. The normalized spacial score (nSPS) is 10.4. The molecule has 0 atom stereocenters. The van der Waals surface area contributed by atoms with Gasteiger partial charge < -0.3 is 15.4 Å². The Bertz CT molecular complexity index is 661. The average molecular weight is 330 g/mol. The molecule has 0 radical (unpaired) electrons. The van der Waals surface area contributed by atoms with E-state index in [0.29, 0.717) is 31.5 Å². The van der Waals surface area contributed by atoms with E-state index in [1.54, 1.807) is 19.2 Å². The summed E-state index contributed by atoms with van der Waals surface area (Å²) in [7, 11) is 1.64. The van der Waals surface area contributed by atoms with Gasteiger partial charge in [-0.25, -0.2) is 4.39 Å². The summed E-state index contributed by atoms with van der Waals surface area (Å²) in [6, 6.07) is 14.4. The zero-order valence-electron chi connectivity index (χ0n) is 13.8. The Morgan fingerprint density at radius 3 is 2.42 bits per heavy atom. The highest BCUT2D eigenvalue weighted by atomic mass is 19.1. The third-order valence-electron chi connectivity index (χ3n) is 3.72. The second-order valence-electron chi connectivity index (χ2n) is 5.43. The predicted octanol–water partition coefficient (Wildman–Crippen LogP) is 2.33. The molecule has 0 saturated heterocycles. The second-order valence-corrected chi connectivity index (χ2v) is 5.43. The summed E-state index contributed by atoms with van der Waals surface area (Å²) in [4.78, 5) is 11.8. The fourth-order valence-corrected chi connectivity index (χ4v) is 2.43. The van der Waals surface area contributed by atoms with Gasteiger partial charge in [-0.15, -0.1) is 0 Å². The number of methoxy groups -OCH3 is 1. The van der Waals surface area contributed by atoms with E-state index >= 15 is 0 Å². The first-order valence-electron chi connectivity index (χ1n) is 8.03. The monoisotopic (exact) mass is 330 g/mol. The van der Waals surface area contributed by atoms with E-state index in [2.05, 4.69) is 10.6 Å². The molecule has 2 rings (SSSR count). The van der Waals surface area contributed by atoms with E-state index in [1.165, 1.54) is 6.07 Å². The van der Waals surface area contributed by atoms with Crippen molar-refractivity contribution in [3.63, 3.8) is 0 Å². The van der Waals surface area contributed by atoms with Gasteiger partial charge >= 0.3 is 0 Å². The molecule has 0 bridgehead atoms. The molecule has 4 nitrogen and oxygen atoms in total. The van der Waals surface area contributed by atoms with Gasteiger partial charge in [0.05, 0.1) is 13.7 Å². The lowest BCUT2D eigenvalue weighted by molar-refractivity contribution is -0.120. The Hall–Kier alpha value is -2.40. The van der Waals surface area contributed by atoms with Gasteiger partial charge in [-0.1, -0.05) is 36.4 Å². The van der Waals surface area contributed by atoms with Crippen LogP contribution in [-0.2, 0) is 17.6 Å². The Balaban J connectivity index is 1.62. The maximum absolute atomic E-state index is 13.4. The van der Waals surface area contributed by atoms with Crippen molar-refractivity contribution in [3.8, 4) is 5.75 Å². The van der Waals surface area contributed by atoms with Crippen LogP contribution in [0.15, 0.2) is 48.5 Å². The van der Waals surface area contributed by atoms with E-state index in [4.69, 9.17) is 4.74 Å². The fourth-order valence-electron chi connectivity index (χ4n) is 2.43. The van der Waals surface area contributed by atoms with Crippen LogP contribution < -0.4 is 15.4 Å². The van der Waals surface area contributed by atoms with Crippen molar-refractivity contribution in [1.29, 1.82) is 0 Å². The van der Waals surface area contributed by atoms with Crippen LogP contribution in [-0.4, -0.2) is 32.7 Å². The van der Waals surface area contributed by atoms with Gasteiger partial charge in [-0.2, -0.15) is 0 Å². The molecule has 128 valence electrons. The number of carbonyl (C=O) groups is 1. The second kappa shape index (κ2) is 9.67. The zero-order chi connectivity index (χ0) is 17.2. The number of halogens is 1. The van der Waals surface area contributed by atoms with Gasteiger partial charge in [0.15, 0.2) is 0 Å². The largest absolute Gasteiger partial charge is 0.496 e. The smallest absolute Gasteiger partial charge is 0.233 e. The number of nitrogens with one attached hydrogen (secondary N) is 2. The number of hydrogen-bond acceptors (Lipinski definition) is 3. The summed E-state index contributed by atoms with van der Waals surface area (Å²) < 4.78 is 18.7. The summed E-state index contributed by atoms with van der Waals surface area (Å²) in [6.45, 7) is 1.33. The van der Waals surface area contributed by atoms with Crippen LogP contribution in [0.25, 0.3) is 0 Å².